The van der Waals surface area contributed by atoms with E-state index in [2.05, 4.69) is 5.32 Å². The van der Waals surface area contributed by atoms with Crippen LogP contribution in [0, 0.1) is 5.82 Å². The molecule has 0 radical (unpaired) electrons. The molecule has 0 bridgehead atoms. The molecular weight excluding hydrogens is 315 g/mol. The van der Waals surface area contributed by atoms with Crippen molar-refractivity contribution in [3.05, 3.63) is 29.6 Å². The Morgan fingerprint density at radius 3 is 2.81 bits per heavy atom. The van der Waals surface area contributed by atoms with Gasteiger partial charge in [-0.1, -0.05) is 6.07 Å². The maximum absolute atomic E-state index is 13.5. The summed E-state index contributed by atoms with van der Waals surface area (Å²) >= 11 is 1.66. The second-order valence-electron chi connectivity index (χ2n) is 4.40. The number of hydrogen-bond donors (Lipinski definition) is 2. The van der Waals surface area contributed by atoms with E-state index in [1.54, 1.807) is 23.9 Å². The van der Waals surface area contributed by atoms with Gasteiger partial charge >= 0.3 is 0 Å². The Morgan fingerprint density at radius 2 is 2.24 bits per heavy atom. The molecule has 0 unspecified atom stereocenters. The average molecular weight is 337 g/mol. The van der Waals surface area contributed by atoms with Crippen LogP contribution in [0.3, 0.4) is 0 Å². The van der Waals surface area contributed by atoms with Crippen LogP contribution in [0.1, 0.15) is 12.0 Å². The molecule has 1 aromatic rings. The van der Waals surface area contributed by atoms with Crippen LogP contribution < -0.4 is 15.8 Å². The van der Waals surface area contributed by atoms with E-state index in [1.165, 1.54) is 13.2 Å². The van der Waals surface area contributed by atoms with Gasteiger partial charge in [0.05, 0.1) is 13.2 Å². The second kappa shape index (κ2) is 10.7. The Kier molecular flexibility index (Phi) is 10.2. The lowest BCUT2D eigenvalue weighted by Crippen LogP contribution is -2.41. The quantitative estimate of drug-likeness (QED) is 0.762. The van der Waals surface area contributed by atoms with Crippen LogP contribution >= 0.6 is 24.2 Å². The number of benzene rings is 1. The summed E-state index contributed by atoms with van der Waals surface area (Å²) in [5.41, 5.74) is 6.55. The SMILES string of the molecule is COc1ccc(CCNC(=O)[C@@H](N)CCSC)cc1F.Cl. The molecule has 0 heterocycles. The molecule has 0 aliphatic heterocycles. The van der Waals surface area contributed by atoms with E-state index in [9.17, 15) is 9.18 Å². The Hall–Kier alpha value is -0.980. The Morgan fingerprint density at radius 1 is 1.52 bits per heavy atom. The summed E-state index contributed by atoms with van der Waals surface area (Å²) in [6.07, 6.45) is 3.19. The van der Waals surface area contributed by atoms with Gasteiger partial charge in [-0.2, -0.15) is 11.8 Å². The van der Waals surface area contributed by atoms with E-state index in [-0.39, 0.29) is 24.1 Å². The summed E-state index contributed by atoms with van der Waals surface area (Å²) in [7, 11) is 1.42. The molecule has 1 rings (SSSR count). The van der Waals surface area contributed by atoms with Crippen molar-refractivity contribution in [2.24, 2.45) is 5.73 Å². The molecule has 120 valence electrons. The highest BCUT2D eigenvalue weighted by atomic mass is 35.5. The van der Waals surface area contributed by atoms with E-state index in [0.717, 1.165) is 11.3 Å². The van der Waals surface area contributed by atoms with Crippen molar-refractivity contribution in [1.29, 1.82) is 0 Å². The average Bonchev–Trinajstić information content (AvgIpc) is 2.44. The van der Waals surface area contributed by atoms with Gasteiger partial charge in [0.1, 0.15) is 0 Å². The third kappa shape index (κ3) is 7.02. The Labute approximate surface area is 135 Å². The van der Waals surface area contributed by atoms with E-state index in [0.29, 0.717) is 19.4 Å². The summed E-state index contributed by atoms with van der Waals surface area (Å²) < 4.78 is 18.3. The van der Waals surface area contributed by atoms with Crippen LogP contribution in [0.2, 0.25) is 0 Å². The standard InChI is InChI=1S/C14H21FN2O2S.ClH/c1-19-13-4-3-10(9-11(13)15)5-7-17-14(18)12(16)6-8-20-2;/h3-4,9,12H,5-8,16H2,1-2H3,(H,17,18);1H/t12-;/m0./s1. The number of rotatable bonds is 8. The zero-order valence-corrected chi connectivity index (χ0v) is 13.9. The lowest BCUT2D eigenvalue weighted by atomic mass is 10.1. The molecule has 7 heteroatoms. The first-order valence-electron chi connectivity index (χ1n) is 6.43. The van der Waals surface area contributed by atoms with Gasteiger partial charge in [-0.05, 0) is 42.5 Å². The smallest absolute Gasteiger partial charge is 0.236 e. The monoisotopic (exact) mass is 336 g/mol. The number of carbonyl (C=O) groups excluding carboxylic acids is 1. The van der Waals surface area contributed by atoms with Gasteiger partial charge in [0.25, 0.3) is 0 Å². The van der Waals surface area contributed by atoms with Gasteiger partial charge in [0, 0.05) is 6.54 Å². The van der Waals surface area contributed by atoms with E-state index >= 15 is 0 Å². The molecule has 3 N–H and O–H groups in total. The molecule has 0 saturated carbocycles. The Balaban J connectivity index is 0.00000400. The van der Waals surface area contributed by atoms with Crippen LogP contribution in [-0.2, 0) is 11.2 Å². The first kappa shape index (κ1) is 20.0. The summed E-state index contributed by atoms with van der Waals surface area (Å²) in [6.45, 7) is 0.442. The minimum absolute atomic E-state index is 0. The van der Waals surface area contributed by atoms with Gasteiger partial charge in [0.15, 0.2) is 11.6 Å². The predicted octanol–water partition coefficient (Wildman–Crippen LogP) is 2.00. The number of amides is 1. The van der Waals surface area contributed by atoms with Crippen LogP contribution in [0.15, 0.2) is 18.2 Å². The van der Waals surface area contributed by atoms with Crippen molar-refractivity contribution >= 4 is 30.1 Å². The first-order valence-corrected chi connectivity index (χ1v) is 7.82. The van der Waals surface area contributed by atoms with Crippen molar-refractivity contribution in [2.45, 2.75) is 18.9 Å². The molecule has 1 aromatic carbocycles. The number of methoxy groups -OCH3 is 1. The number of thioether (sulfide) groups is 1. The molecule has 0 aliphatic rings. The molecule has 21 heavy (non-hydrogen) atoms. The van der Waals surface area contributed by atoms with Gasteiger partial charge in [0.2, 0.25) is 5.91 Å². The minimum Gasteiger partial charge on any atom is -0.494 e. The highest BCUT2D eigenvalue weighted by Crippen LogP contribution is 2.17. The zero-order chi connectivity index (χ0) is 15.0. The van der Waals surface area contributed by atoms with Crippen molar-refractivity contribution in [3.63, 3.8) is 0 Å². The van der Waals surface area contributed by atoms with Gasteiger partial charge in [-0.25, -0.2) is 4.39 Å². The van der Waals surface area contributed by atoms with Crippen molar-refractivity contribution in [2.75, 3.05) is 25.7 Å². The normalized spacial score (nSPS) is 11.4. The first-order chi connectivity index (χ1) is 9.58. The van der Waals surface area contributed by atoms with Gasteiger partial charge in [-0.15, -0.1) is 12.4 Å². The largest absolute Gasteiger partial charge is 0.494 e. The molecule has 0 saturated heterocycles. The number of hydrogen-bond acceptors (Lipinski definition) is 4. The number of nitrogens with two attached hydrogens (primary N) is 1. The highest BCUT2D eigenvalue weighted by Gasteiger charge is 2.12. The van der Waals surface area contributed by atoms with Crippen LogP contribution in [0.5, 0.6) is 5.75 Å². The molecule has 0 spiro atoms. The summed E-state index contributed by atoms with van der Waals surface area (Å²) in [5.74, 6) is 0.524. The Bertz CT molecular complexity index is 449. The molecule has 0 fully saturated rings. The van der Waals surface area contributed by atoms with Crippen molar-refractivity contribution in [3.8, 4) is 5.75 Å². The fourth-order valence-electron chi connectivity index (χ4n) is 1.70. The fourth-order valence-corrected chi connectivity index (χ4v) is 2.19. The fraction of sp³-hybridized carbons (Fsp3) is 0.500. The summed E-state index contributed by atoms with van der Waals surface area (Å²) in [5, 5.41) is 2.76. The third-order valence-corrected chi connectivity index (χ3v) is 3.54. The highest BCUT2D eigenvalue weighted by molar-refractivity contribution is 7.98. The molecule has 0 aromatic heterocycles. The molecular formula is C14H22ClFN2O2S. The summed E-state index contributed by atoms with van der Waals surface area (Å²) in [4.78, 5) is 11.7. The van der Waals surface area contributed by atoms with Crippen molar-refractivity contribution < 1.29 is 13.9 Å². The van der Waals surface area contributed by atoms with Crippen LogP contribution in [0.4, 0.5) is 4.39 Å². The predicted molar refractivity (Wildman–Crippen MR) is 87.9 cm³/mol. The van der Waals surface area contributed by atoms with Gasteiger partial charge < -0.3 is 15.8 Å². The topological polar surface area (TPSA) is 64.3 Å². The maximum Gasteiger partial charge on any atom is 0.236 e. The van der Waals surface area contributed by atoms with Gasteiger partial charge in [-0.3, -0.25) is 4.79 Å². The van der Waals surface area contributed by atoms with Crippen LogP contribution in [-0.4, -0.2) is 37.6 Å². The molecule has 1 atom stereocenters. The maximum atomic E-state index is 13.5. The molecule has 1 amide bonds. The third-order valence-electron chi connectivity index (χ3n) is 2.90. The number of nitrogens with one attached hydrogen (secondary N) is 1. The lowest BCUT2D eigenvalue weighted by molar-refractivity contribution is -0.122. The zero-order valence-electron chi connectivity index (χ0n) is 12.2. The van der Waals surface area contributed by atoms with Crippen LogP contribution in [0.25, 0.3) is 0 Å². The van der Waals surface area contributed by atoms with E-state index in [1.807, 2.05) is 6.26 Å². The number of carbonyl (C=O) groups is 1. The number of ether oxygens (including phenoxy) is 1. The molecule has 0 aliphatic carbocycles. The van der Waals surface area contributed by atoms with E-state index < -0.39 is 11.9 Å². The number of halogens is 2. The van der Waals surface area contributed by atoms with E-state index in [4.69, 9.17) is 10.5 Å². The minimum atomic E-state index is -0.477. The van der Waals surface area contributed by atoms with Crippen molar-refractivity contribution in [1.82, 2.24) is 5.32 Å². The summed E-state index contributed by atoms with van der Waals surface area (Å²) in [6, 6.07) is 4.30. The molecule has 4 nitrogen and oxygen atoms in total. The second-order valence-corrected chi connectivity index (χ2v) is 5.38. The lowest BCUT2D eigenvalue weighted by Gasteiger charge is -2.11.